The topological polar surface area (TPSA) is 87.7 Å². The summed E-state index contributed by atoms with van der Waals surface area (Å²) in [5, 5.41) is 17.7. The van der Waals surface area contributed by atoms with Crippen LogP contribution in [-0.4, -0.2) is 10.2 Å². The molecule has 4 rings (SSSR count). The third-order valence-electron chi connectivity index (χ3n) is 4.60. The molecule has 7 heteroatoms. The molecule has 0 spiro atoms. The Morgan fingerprint density at radius 2 is 2.07 bits per heavy atom. The van der Waals surface area contributed by atoms with E-state index in [-0.39, 0.29) is 11.8 Å². The van der Waals surface area contributed by atoms with E-state index in [1.54, 1.807) is 17.8 Å². The first-order valence-corrected chi connectivity index (χ1v) is 10.0. The lowest BCUT2D eigenvalue weighted by Gasteiger charge is -2.24. The van der Waals surface area contributed by atoms with Gasteiger partial charge in [0, 0.05) is 15.7 Å². The molecule has 3 N–H and O–H groups in total. The Morgan fingerprint density at radius 3 is 2.79 bits per heavy atom. The molecule has 0 saturated heterocycles. The Labute approximate surface area is 172 Å². The largest absolute Gasteiger partial charge is 0.420 e. The van der Waals surface area contributed by atoms with Crippen molar-refractivity contribution < 1.29 is 4.74 Å². The number of thioether (sulfide) groups is 1. The number of halogens is 1. The Kier molecular flexibility index (Phi) is 5.03. The molecule has 140 valence electrons. The predicted octanol–water partition coefficient (Wildman–Crippen LogP) is 4.88. The van der Waals surface area contributed by atoms with Crippen LogP contribution in [0.25, 0.3) is 0 Å². The van der Waals surface area contributed by atoms with Crippen molar-refractivity contribution in [1.82, 2.24) is 10.2 Å². The molecule has 0 saturated carbocycles. The molecule has 0 fully saturated rings. The van der Waals surface area contributed by atoms with Gasteiger partial charge in [0.25, 0.3) is 0 Å². The van der Waals surface area contributed by atoms with Gasteiger partial charge in [0.05, 0.1) is 17.2 Å². The lowest BCUT2D eigenvalue weighted by atomic mass is 9.84. The summed E-state index contributed by atoms with van der Waals surface area (Å²) in [6.45, 7) is 2.06. The fraction of sp³-hybridized carbons (Fsp3) is 0.143. The van der Waals surface area contributed by atoms with Crippen LogP contribution in [0.1, 0.15) is 28.3 Å². The highest BCUT2D eigenvalue weighted by Crippen LogP contribution is 2.44. The van der Waals surface area contributed by atoms with Crippen molar-refractivity contribution in [3.63, 3.8) is 0 Å². The molecule has 1 unspecified atom stereocenters. The molecular formula is C21H17ClN4OS. The second-order valence-corrected chi connectivity index (χ2v) is 7.99. The van der Waals surface area contributed by atoms with Gasteiger partial charge in [-0.1, -0.05) is 41.4 Å². The quantitative estimate of drug-likeness (QED) is 0.600. The SMILES string of the molecule is Cc1ccc(SCc2[nH]nc3c2C(c2cccc(Cl)c2)C(C#N)=C(N)O3)cc1. The van der Waals surface area contributed by atoms with E-state index >= 15 is 0 Å². The Bertz CT molecular complexity index is 1100. The smallest absolute Gasteiger partial charge is 0.244 e. The van der Waals surface area contributed by atoms with Gasteiger partial charge in [-0.25, -0.2) is 0 Å². The normalized spacial score (nSPS) is 15.7. The van der Waals surface area contributed by atoms with E-state index in [0.29, 0.717) is 22.2 Å². The molecule has 0 aliphatic carbocycles. The summed E-state index contributed by atoms with van der Waals surface area (Å²) in [6, 6.07) is 18.0. The van der Waals surface area contributed by atoms with Crippen LogP contribution in [0, 0.1) is 18.3 Å². The second-order valence-electron chi connectivity index (χ2n) is 6.50. The van der Waals surface area contributed by atoms with Crippen molar-refractivity contribution in [2.75, 3.05) is 0 Å². The van der Waals surface area contributed by atoms with Gasteiger partial charge in [-0.05, 0) is 36.8 Å². The molecule has 28 heavy (non-hydrogen) atoms. The number of hydrogen-bond donors (Lipinski definition) is 2. The predicted molar refractivity (Wildman–Crippen MR) is 110 cm³/mol. The molecule has 2 heterocycles. The number of aromatic nitrogens is 2. The number of rotatable bonds is 4. The summed E-state index contributed by atoms with van der Waals surface area (Å²) < 4.78 is 5.62. The molecule has 0 radical (unpaired) electrons. The first-order chi connectivity index (χ1) is 13.6. The van der Waals surface area contributed by atoms with Crippen LogP contribution in [0.15, 0.2) is 64.9 Å². The number of hydrogen-bond acceptors (Lipinski definition) is 5. The second kappa shape index (κ2) is 7.63. The van der Waals surface area contributed by atoms with Crippen molar-refractivity contribution in [2.45, 2.75) is 23.5 Å². The number of allylic oxidation sites excluding steroid dienone is 1. The van der Waals surface area contributed by atoms with Gasteiger partial charge in [0.2, 0.25) is 11.8 Å². The highest BCUT2D eigenvalue weighted by molar-refractivity contribution is 7.98. The van der Waals surface area contributed by atoms with Crippen LogP contribution in [-0.2, 0) is 5.75 Å². The van der Waals surface area contributed by atoms with Gasteiger partial charge in [0.15, 0.2) is 0 Å². The van der Waals surface area contributed by atoms with E-state index in [1.807, 2.05) is 18.2 Å². The summed E-state index contributed by atoms with van der Waals surface area (Å²) in [6.07, 6.45) is 0. The van der Waals surface area contributed by atoms with Gasteiger partial charge in [0.1, 0.15) is 11.6 Å². The van der Waals surface area contributed by atoms with Gasteiger partial charge in [-0.2, -0.15) is 5.26 Å². The average Bonchev–Trinajstić information content (AvgIpc) is 3.08. The number of nitriles is 1. The standard InChI is InChI=1S/C21H17ClN4OS/c1-12-5-7-15(8-6-12)28-11-17-19-18(13-3-2-4-14(22)9-13)16(10-23)20(24)27-21(19)26-25-17/h2-9,18H,11,24H2,1H3,(H,25,26). The molecule has 5 nitrogen and oxygen atoms in total. The minimum absolute atomic E-state index is 0.0733. The van der Waals surface area contributed by atoms with Crippen LogP contribution < -0.4 is 10.5 Å². The molecule has 1 atom stereocenters. The monoisotopic (exact) mass is 408 g/mol. The molecule has 1 aromatic heterocycles. The zero-order valence-electron chi connectivity index (χ0n) is 15.1. The number of fused-ring (bicyclic) bond motifs is 1. The van der Waals surface area contributed by atoms with Crippen LogP contribution in [0.2, 0.25) is 5.02 Å². The van der Waals surface area contributed by atoms with E-state index in [0.717, 1.165) is 21.7 Å². The summed E-state index contributed by atoms with van der Waals surface area (Å²) in [7, 11) is 0. The van der Waals surface area contributed by atoms with Crippen molar-refractivity contribution in [3.05, 3.63) is 87.4 Å². The van der Waals surface area contributed by atoms with Crippen LogP contribution >= 0.6 is 23.4 Å². The third-order valence-corrected chi connectivity index (χ3v) is 5.88. The van der Waals surface area contributed by atoms with Crippen LogP contribution in [0.4, 0.5) is 0 Å². The van der Waals surface area contributed by atoms with E-state index in [4.69, 9.17) is 22.1 Å². The highest BCUT2D eigenvalue weighted by Gasteiger charge is 2.35. The fourth-order valence-corrected chi connectivity index (χ4v) is 4.29. The molecule has 2 aromatic carbocycles. The molecule has 0 amide bonds. The molecule has 1 aliphatic rings. The van der Waals surface area contributed by atoms with Crippen molar-refractivity contribution in [1.29, 1.82) is 5.26 Å². The lowest BCUT2D eigenvalue weighted by Crippen LogP contribution is -2.21. The molecule has 0 bridgehead atoms. The maximum absolute atomic E-state index is 9.71. The van der Waals surface area contributed by atoms with Crippen molar-refractivity contribution in [3.8, 4) is 11.9 Å². The number of benzene rings is 2. The van der Waals surface area contributed by atoms with Gasteiger partial charge in [-0.3, -0.25) is 5.10 Å². The van der Waals surface area contributed by atoms with Gasteiger partial charge < -0.3 is 10.5 Å². The van der Waals surface area contributed by atoms with Crippen LogP contribution in [0.3, 0.4) is 0 Å². The first kappa shape index (κ1) is 18.5. The summed E-state index contributed by atoms with van der Waals surface area (Å²) in [5.41, 5.74) is 10.2. The Morgan fingerprint density at radius 1 is 1.29 bits per heavy atom. The van der Waals surface area contributed by atoms with Crippen molar-refractivity contribution >= 4 is 23.4 Å². The zero-order valence-corrected chi connectivity index (χ0v) is 16.6. The third kappa shape index (κ3) is 3.47. The Balaban J connectivity index is 1.73. The molecule has 1 aliphatic heterocycles. The van der Waals surface area contributed by atoms with Gasteiger partial charge in [-0.15, -0.1) is 16.9 Å². The van der Waals surface area contributed by atoms with Gasteiger partial charge >= 0.3 is 0 Å². The van der Waals surface area contributed by atoms with Crippen molar-refractivity contribution in [2.24, 2.45) is 5.73 Å². The number of aryl methyl sites for hydroxylation is 1. The number of ether oxygens (including phenoxy) is 1. The van der Waals surface area contributed by atoms with E-state index in [1.165, 1.54) is 5.56 Å². The molecular weight excluding hydrogens is 392 g/mol. The zero-order chi connectivity index (χ0) is 19.7. The first-order valence-electron chi connectivity index (χ1n) is 8.66. The maximum Gasteiger partial charge on any atom is 0.244 e. The van der Waals surface area contributed by atoms with Crippen LogP contribution in [0.5, 0.6) is 5.88 Å². The van der Waals surface area contributed by atoms with E-state index in [9.17, 15) is 5.26 Å². The van der Waals surface area contributed by atoms with E-state index < -0.39 is 0 Å². The Hall–Kier alpha value is -2.88. The number of nitrogens with zero attached hydrogens (tertiary/aromatic N) is 2. The number of nitrogens with one attached hydrogen (secondary N) is 1. The summed E-state index contributed by atoms with van der Waals surface area (Å²) in [4.78, 5) is 1.15. The minimum Gasteiger partial charge on any atom is -0.420 e. The summed E-state index contributed by atoms with van der Waals surface area (Å²) in [5.74, 6) is 0.759. The lowest BCUT2D eigenvalue weighted by molar-refractivity contribution is 0.379. The average molecular weight is 409 g/mol. The highest BCUT2D eigenvalue weighted by atomic mass is 35.5. The molecule has 3 aromatic rings. The number of nitrogens with two attached hydrogens (primary N) is 1. The number of H-pyrrole nitrogens is 1. The number of aromatic amines is 1. The minimum atomic E-state index is -0.375. The maximum atomic E-state index is 9.71. The van der Waals surface area contributed by atoms with E-state index in [2.05, 4.69) is 47.5 Å². The fourth-order valence-electron chi connectivity index (χ4n) is 3.23. The summed E-state index contributed by atoms with van der Waals surface area (Å²) >= 11 is 7.88.